The summed E-state index contributed by atoms with van der Waals surface area (Å²) in [4.78, 5) is 27.5. The predicted molar refractivity (Wildman–Crippen MR) is 97.2 cm³/mol. The van der Waals surface area contributed by atoms with Gasteiger partial charge in [-0.3, -0.25) is 9.59 Å². The van der Waals surface area contributed by atoms with Crippen LogP contribution < -0.4 is 5.32 Å². The lowest BCUT2D eigenvalue weighted by molar-refractivity contribution is -0.172. The van der Waals surface area contributed by atoms with Gasteiger partial charge in [0, 0.05) is 29.9 Å². The Morgan fingerprint density at radius 1 is 1.19 bits per heavy atom. The van der Waals surface area contributed by atoms with Gasteiger partial charge in [-0.2, -0.15) is 0 Å². The van der Waals surface area contributed by atoms with E-state index in [0.717, 1.165) is 19.3 Å². The molecular weight excluding hydrogens is 332 g/mol. The summed E-state index contributed by atoms with van der Waals surface area (Å²) >= 11 is 0. The highest BCUT2D eigenvalue weighted by Crippen LogP contribution is 2.56. The van der Waals surface area contributed by atoms with Gasteiger partial charge in [-0.1, -0.05) is 44.5 Å². The van der Waals surface area contributed by atoms with Crippen molar-refractivity contribution in [3.05, 3.63) is 46.7 Å². The number of hydrogen-bond donors (Lipinski definition) is 3. The molecule has 1 heterocycles. The van der Waals surface area contributed by atoms with Gasteiger partial charge < -0.3 is 20.4 Å². The maximum Gasteiger partial charge on any atom is 0.252 e. The Bertz CT molecular complexity index is 788. The fourth-order valence-corrected chi connectivity index (χ4v) is 4.10. The second-order valence-electron chi connectivity index (χ2n) is 6.98. The maximum atomic E-state index is 13.1. The molecule has 0 saturated heterocycles. The molecular formula is C20H26N2O4. The van der Waals surface area contributed by atoms with Gasteiger partial charge in [0.05, 0.1) is 5.57 Å². The summed E-state index contributed by atoms with van der Waals surface area (Å²) < 4.78 is 0. The number of aliphatic hydroxyl groups is 2. The van der Waals surface area contributed by atoms with Crippen LogP contribution >= 0.6 is 0 Å². The van der Waals surface area contributed by atoms with Crippen LogP contribution in [0.15, 0.2) is 35.5 Å². The number of nitrogens with zero attached hydrogens (tertiary/aromatic N) is 1. The lowest BCUT2D eigenvalue weighted by atomic mass is 9.84. The van der Waals surface area contributed by atoms with E-state index in [-0.39, 0.29) is 11.1 Å². The summed E-state index contributed by atoms with van der Waals surface area (Å²) in [6.45, 7) is 6.49. The number of carbonyl (C=O) groups is 2. The quantitative estimate of drug-likeness (QED) is 0.720. The van der Waals surface area contributed by atoms with Gasteiger partial charge >= 0.3 is 0 Å². The Labute approximate surface area is 153 Å². The zero-order valence-electron chi connectivity index (χ0n) is 15.5. The third kappa shape index (κ3) is 2.18. The van der Waals surface area contributed by atoms with Crippen molar-refractivity contribution in [1.82, 2.24) is 10.2 Å². The minimum atomic E-state index is -2.30. The average Bonchev–Trinajstić information content (AvgIpc) is 2.92. The number of amides is 1. The number of hydrogen-bond acceptors (Lipinski definition) is 5. The van der Waals surface area contributed by atoms with Gasteiger partial charge in [-0.25, -0.2) is 0 Å². The van der Waals surface area contributed by atoms with Crippen molar-refractivity contribution in [2.45, 2.75) is 51.4 Å². The fraction of sp³-hybridized carbons (Fsp3) is 0.500. The van der Waals surface area contributed by atoms with E-state index in [4.69, 9.17) is 0 Å². The van der Waals surface area contributed by atoms with Gasteiger partial charge in [-0.05, 0) is 19.8 Å². The first-order chi connectivity index (χ1) is 12.4. The van der Waals surface area contributed by atoms with Crippen LogP contribution in [0.4, 0.5) is 0 Å². The second-order valence-corrected chi connectivity index (χ2v) is 6.98. The Morgan fingerprint density at radius 3 is 2.54 bits per heavy atom. The van der Waals surface area contributed by atoms with E-state index in [1.165, 1.54) is 0 Å². The number of rotatable bonds is 6. The molecule has 3 rings (SSSR count). The van der Waals surface area contributed by atoms with Crippen LogP contribution in [0, 0.1) is 0 Å². The van der Waals surface area contributed by atoms with Crippen molar-refractivity contribution >= 4 is 11.7 Å². The summed E-state index contributed by atoms with van der Waals surface area (Å²) in [5.41, 5.74) is -3.26. The highest BCUT2D eigenvalue weighted by atomic mass is 16.4. The molecule has 1 aromatic rings. The normalized spacial score (nSPS) is 27.0. The van der Waals surface area contributed by atoms with Crippen molar-refractivity contribution in [3.63, 3.8) is 0 Å². The van der Waals surface area contributed by atoms with Crippen molar-refractivity contribution < 1.29 is 19.8 Å². The van der Waals surface area contributed by atoms with E-state index in [2.05, 4.69) is 5.32 Å². The molecule has 2 atom stereocenters. The van der Waals surface area contributed by atoms with Crippen LogP contribution in [-0.4, -0.2) is 45.5 Å². The van der Waals surface area contributed by atoms with Crippen molar-refractivity contribution in [2.24, 2.45) is 0 Å². The summed E-state index contributed by atoms with van der Waals surface area (Å²) in [6.07, 6.45) is 2.37. The Balaban J connectivity index is 2.19. The minimum absolute atomic E-state index is 0.0502. The molecule has 1 aliphatic heterocycles. The first-order valence-electron chi connectivity index (χ1n) is 9.21. The fourth-order valence-electron chi connectivity index (χ4n) is 4.10. The first kappa shape index (κ1) is 18.6. The van der Waals surface area contributed by atoms with E-state index < -0.39 is 23.0 Å². The van der Waals surface area contributed by atoms with Gasteiger partial charge in [0.2, 0.25) is 17.1 Å². The van der Waals surface area contributed by atoms with Gasteiger partial charge in [0.1, 0.15) is 0 Å². The van der Waals surface area contributed by atoms with Gasteiger partial charge in [0.15, 0.2) is 0 Å². The van der Waals surface area contributed by atoms with Crippen LogP contribution in [0.1, 0.15) is 56.0 Å². The number of ketones is 1. The summed E-state index contributed by atoms with van der Waals surface area (Å²) in [6, 6.07) is 6.64. The van der Waals surface area contributed by atoms with Crippen molar-refractivity contribution in [1.29, 1.82) is 0 Å². The minimum Gasteiger partial charge on any atom is -0.372 e. The molecule has 2 aliphatic rings. The standard InChI is InChI=1S/C20H26N2O4/c1-4-6-12-22-13(3)16(18(24)21-11-5-2)19(25)17(23)14-9-7-8-10-15(14)20(19,22)26/h7-10,25-26H,4-6,11-12H2,1-3H3,(H,21,24). The number of unbranched alkanes of at least 4 members (excludes halogenated alkanes) is 1. The lowest BCUT2D eigenvalue weighted by Gasteiger charge is -2.40. The van der Waals surface area contributed by atoms with Crippen LogP contribution in [0.3, 0.4) is 0 Å². The van der Waals surface area contributed by atoms with E-state index in [0.29, 0.717) is 24.4 Å². The van der Waals surface area contributed by atoms with Crippen LogP contribution in [-0.2, 0) is 10.5 Å². The van der Waals surface area contributed by atoms with Crippen molar-refractivity contribution in [3.8, 4) is 0 Å². The zero-order valence-corrected chi connectivity index (χ0v) is 15.5. The van der Waals surface area contributed by atoms with Gasteiger partial charge in [0.25, 0.3) is 5.91 Å². The molecule has 6 heteroatoms. The molecule has 3 N–H and O–H groups in total. The number of nitrogens with one attached hydrogen (secondary N) is 1. The Hall–Kier alpha value is -2.18. The maximum absolute atomic E-state index is 13.1. The number of Topliss-reactive ketones (excluding diaryl/α,β-unsaturated/α-hetero) is 1. The molecule has 1 aromatic carbocycles. The van der Waals surface area contributed by atoms with Crippen molar-refractivity contribution in [2.75, 3.05) is 13.1 Å². The van der Waals surface area contributed by atoms with E-state index in [1.807, 2.05) is 13.8 Å². The van der Waals surface area contributed by atoms with Gasteiger partial charge in [-0.15, -0.1) is 0 Å². The molecule has 0 bridgehead atoms. The third-order valence-corrected chi connectivity index (χ3v) is 5.40. The molecule has 1 aliphatic carbocycles. The van der Waals surface area contributed by atoms with Crippen LogP contribution in [0.5, 0.6) is 0 Å². The molecule has 1 amide bonds. The molecule has 0 fully saturated rings. The van der Waals surface area contributed by atoms with E-state index in [1.54, 1.807) is 36.1 Å². The van der Waals surface area contributed by atoms with Crippen LogP contribution in [0.25, 0.3) is 0 Å². The molecule has 6 nitrogen and oxygen atoms in total. The van der Waals surface area contributed by atoms with Crippen LogP contribution in [0.2, 0.25) is 0 Å². The summed E-state index contributed by atoms with van der Waals surface area (Å²) in [5.74, 6) is -1.14. The SMILES string of the molecule is CCCCN1C(C)=C(C(=O)NCCC)C2(O)C(=O)c3ccccc3C12O. The average molecular weight is 358 g/mol. The molecule has 140 valence electrons. The molecule has 0 radical (unpaired) electrons. The second kappa shape index (κ2) is 6.52. The topological polar surface area (TPSA) is 89.9 Å². The molecule has 2 unspecified atom stereocenters. The zero-order chi connectivity index (χ0) is 19.1. The first-order valence-corrected chi connectivity index (χ1v) is 9.21. The Kier molecular flexibility index (Phi) is 4.67. The number of benzene rings is 1. The summed E-state index contributed by atoms with van der Waals surface area (Å²) in [7, 11) is 0. The number of allylic oxidation sites excluding steroid dienone is 1. The highest BCUT2D eigenvalue weighted by Gasteiger charge is 2.72. The summed E-state index contributed by atoms with van der Waals surface area (Å²) in [5, 5.41) is 25.9. The molecule has 26 heavy (non-hydrogen) atoms. The smallest absolute Gasteiger partial charge is 0.252 e. The highest BCUT2D eigenvalue weighted by molar-refractivity contribution is 6.17. The van der Waals surface area contributed by atoms with E-state index >= 15 is 0 Å². The number of carbonyl (C=O) groups excluding carboxylic acids is 2. The predicted octanol–water partition coefficient (Wildman–Crippen LogP) is 1.68. The number of fused-ring (bicyclic) bond motifs is 3. The Morgan fingerprint density at radius 2 is 1.88 bits per heavy atom. The molecule has 0 spiro atoms. The molecule has 0 aromatic heterocycles. The third-order valence-electron chi connectivity index (χ3n) is 5.40. The monoisotopic (exact) mass is 358 g/mol. The van der Waals surface area contributed by atoms with E-state index in [9.17, 15) is 19.8 Å². The molecule has 0 saturated carbocycles. The lowest BCUT2D eigenvalue weighted by Crippen LogP contribution is -2.58. The largest absolute Gasteiger partial charge is 0.372 e.